The number of carbonyl (C=O) groups excluding carboxylic acids is 3. The van der Waals surface area contributed by atoms with Gasteiger partial charge in [0, 0.05) is 12.6 Å². The molecule has 8 nitrogen and oxygen atoms in total. The van der Waals surface area contributed by atoms with Crippen LogP contribution in [0.15, 0.2) is 33.5 Å². The van der Waals surface area contributed by atoms with Crippen molar-refractivity contribution in [3.05, 3.63) is 34.8 Å². The number of rotatable bonds is 5. The Balaban J connectivity index is 1.24. The lowest BCUT2D eigenvalue weighted by Gasteiger charge is -2.19. The molecule has 5 atom stereocenters. The number of nitrogens with one attached hydrogen (secondary N) is 1. The molecule has 0 radical (unpaired) electrons. The fourth-order valence-electron chi connectivity index (χ4n) is 5.60. The van der Waals surface area contributed by atoms with E-state index in [0.717, 1.165) is 24.2 Å². The molecule has 5 rings (SSSR count). The third kappa shape index (κ3) is 2.81. The second-order valence-corrected chi connectivity index (χ2v) is 8.56. The third-order valence-corrected chi connectivity index (χ3v) is 6.76. The number of benzene rings is 1. The highest BCUT2D eigenvalue weighted by atomic mass is 16.4. The predicted octanol–water partition coefficient (Wildman–Crippen LogP) is 1.13. The Morgan fingerprint density at radius 2 is 1.79 bits per heavy atom. The van der Waals surface area contributed by atoms with Crippen LogP contribution in [0.1, 0.15) is 26.2 Å². The molecule has 1 aromatic heterocycles. The molecule has 29 heavy (non-hydrogen) atoms. The number of likely N-dealkylation sites (tertiary alicyclic amines) is 1. The van der Waals surface area contributed by atoms with Crippen molar-refractivity contribution >= 4 is 28.8 Å². The van der Waals surface area contributed by atoms with Gasteiger partial charge in [0.05, 0.1) is 17.4 Å². The molecule has 8 heteroatoms. The van der Waals surface area contributed by atoms with E-state index in [9.17, 15) is 19.2 Å². The molecule has 4 unspecified atom stereocenters. The van der Waals surface area contributed by atoms with Gasteiger partial charge in [0.1, 0.15) is 6.54 Å². The maximum atomic E-state index is 12.7. The molecule has 0 spiro atoms. The number of para-hydroxylation sites is 2. The van der Waals surface area contributed by atoms with E-state index in [1.54, 1.807) is 25.1 Å². The summed E-state index contributed by atoms with van der Waals surface area (Å²) in [4.78, 5) is 51.2. The van der Waals surface area contributed by atoms with Crippen molar-refractivity contribution in [2.24, 2.45) is 23.7 Å². The molecular weight excluding hydrogens is 374 g/mol. The van der Waals surface area contributed by atoms with E-state index in [0.29, 0.717) is 22.9 Å². The zero-order chi connectivity index (χ0) is 20.3. The van der Waals surface area contributed by atoms with Gasteiger partial charge in [-0.3, -0.25) is 23.9 Å². The smallest absolute Gasteiger partial charge is 0.408 e. The SMILES string of the molecule is C[C@H](Cn1c(=O)oc2ccccc21)NC(=O)CN1C(=O)C2C3CCC(C3)C2C1=O. The monoisotopic (exact) mass is 397 g/mol. The van der Waals surface area contributed by atoms with Gasteiger partial charge in [0.15, 0.2) is 5.58 Å². The van der Waals surface area contributed by atoms with Crippen LogP contribution in [0, 0.1) is 23.7 Å². The molecule has 2 heterocycles. The van der Waals surface area contributed by atoms with Crippen LogP contribution >= 0.6 is 0 Å². The first kappa shape index (κ1) is 18.1. The topological polar surface area (TPSA) is 102 Å². The lowest BCUT2D eigenvalue weighted by Crippen LogP contribution is -2.45. The van der Waals surface area contributed by atoms with Crippen LogP contribution in [-0.4, -0.2) is 39.8 Å². The van der Waals surface area contributed by atoms with E-state index in [2.05, 4.69) is 5.32 Å². The van der Waals surface area contributed by atoms with Crippen molar-refractivity contribution < 1.29 is 18.8 Å². The fourth-order valence-corrected chi connectivity index (χ4v) is 5.60. The molecule has 1 N–H and O–H groups in total. The summed E-state index contributed by atoms with van der Waals surface area (Å²) in [5.41, 5.74) is 1.15. The highest BCUT2D eigenvalue weighted by Gasteiger charge is 2.60. The maximum absolute atomic E-state index is 12.7. The fraction of sp³-hybridized carbons (Fsp3) is 0.524. The average Bonchev–Trinajstić information content (AvgIpc) is 3.42. The van der Waals surface area contributed by atoms with Gasteiger partial charge in [0.2, 0.25) is 17.7 Å². The van der Waals surface area contributed by atoms with Crippen LogP contribution in [0.2, 0.25) is 0 Å². The first-order chi connectivity index (χ1) is 13.9. The zero-order valence-electron chi connectivity index (χ0n) is 16.2. The number of fused-ring (bicyclic) bond motifs is 6. The summed E-state index contributed by atoms with van der Waals surface area (Å²) in [6.45, 7) is 1.75. The lowest BCUT2D eigenvalue weighted by atomic mass is 9.81. The molecule has 152 valence electrons. The number of imide groups is 1. The molecule has 1 aliphatic heterocycles. The summed E-state index contributed by atoms with van der Waals surface area (Å²) in [5.74, 6) is -1.10. The highest BCUT2D eigenvalue weighted by molar-refractivity contribution is 6.08. The second kappa shape index (κ2) is 6.57. The summed E-state index contributed by atoms with van der Waals surface area (Å²) >= 11 is 0. The van der Waals surface area contributed by atoms with E-state index in [1.807, 2.05) is 6.07 Å². The van der Waals surface area contributed by atoms with Crippen molar-refractivity contribution in [3.8, 4) is 0 Å². The molecule has 2 bridgehead atoms. The summed E-state index contributed by atoms with van der Waals surface area (Å²) < 4.78 is 6.67. The molecule has 3 amide bonds. The van der Waals surface area contributed by atoms with Crippen LogP contribution in [0.4, 0.5) is 0 Å². The van der Waals surface area contributed by atoms with Gasteiger partial charge in [-0.25, -0.2) is 4.79 Å². The molecule has 2 aliphatic carbocycles. The average molecular weight is 397 g/mol. The van der Waals surface area contributed by atoms with Gasteiger partial charge < -0.3 is 9.73 Å². The van der Waals surface area contributed by atoms with Gasteiger partial charge in [-0.15, -0.1) is 0 Å². The molecule has 1 aromatic carbocycles. The summed E-state index contributed by atoms with van der Waals surface area (Å²) in [6.07, 6.45) is 2.99. The number of carbonyl (C=O) groups is 3. The van der Waals surface area contributed by atoms with Gasteiger partial charge in [-0.2, -0.15) is 0 Å². The van der Waals surface area contributed by atoms with Gasteiger partial charge in [0.25, 0.3) is 0 Å². The largest absolute Gasteiger partial charge is 0.420 e. The number of hydrogen-bond acceptors (Lipinski definition) is 5. The van der Waals surface area contributed by atoms with Crippen molar-refractivity contribution in [2.45, 2.75) is 38.8 Å². The minimum Gasteiger partial charge on any atom is -0.408 e. The minimum absolute atomic E-state index is 0.188. The molecule has 2 aromatic rings. The van der Waals surface area contributed by atoms with Crippen molar-refractivity contribution in [1.82, 2.24) is 14.8 Å². The molecule has 3 fully saturated rings. The summed E-state index contributed by atoms with van der Waals surface area (Å²) in [6, 6.07) is 6.72. The Labute approximate surface area is 166 Å². The van der Waals surface area contributed by atoms with E-state index < -0.39 is 11.7 Å². The molecule has 3 aliphatic rings. The molecule has 2 saturated carbocycles. The number of aromatic nitrogens is 1. The standard InChI is InChI=1S/C21H23N3O5/c1-11(9-23-14-4-2-3-5-15(14)29-21(23)28)22-16(25)10-24-19(26)17-12-6-7-13(8-12)18(17)20(24)27/h2-5,11-13,17-18H,6-10H2,1H3,(H,22,25)/t11-,12?,13?,17?,18?/m1/s1. The van der Waals surface area contributed by atoms with Crippen molar-refractivity contribution in [3.63, 3.8) is 0 Å². The normalized spacial score (nSPS) is 28.9. The van der Waals surface area contributed by atoms with Crippen LogP contribution in [0.25, 0.3) is 11.1 Å². The molecule has 1 saturated heterocycles. The van der Waals surface area contributed by atoms with Crippen molar-refractivity contribution in [1.29, 1.82) is 0 Å². The number of amides is 3. The van der Waals surface area contributed by atoms with E-state index in [-0.39, 0.29) is 42.8 Å². The second-order valence-electron chi connectivity index (χ2n) is 8.56. The first-order valence-corrected chi connectivity index (χ1v) is 10.2. The minimum atomic E-state index is -0.486. The Kier molecular flexibility index (Phi) is 4.11. The van der Waals surface area contributed by atoms with Gasteiger partial charge in [-0.05, 0) is 50.2 Å². The van der Waals surface area contributed by atoms with Crippen LogP contribution in [0.5, 0.6) is 0 Å². The van der Waals surface area contributed by atoms with Crippen LogP contribution < -0.4 is 11.1 Å². The predicted molar refractivity (Wildman–Crippen MR) is 103 cm³/mol. The van der Waals surface area contributed by atoms with E-state index in [4.69, 9.17) is 4.42 Å². The Morgan fingerprint density at radius 1 is 1.14 bits per heavy atom. The number of nitrogens with zero attached hydrogens (tertiary/aromatic N) is 2. The Bertz CT molecular complexity index is 1040. The van der Waals surface area contributed by atoms with Gasteiger partial charge in [-0.1, -0.05) is 12.1 Å². The number of oxazole rings is 1. The third-order valence-electron chi connectivity index (χ3n) is 6.76. The first-order valence-electron chi connectivity index (χ1n) is 10.2. The highest BCUT2D eigenvalue weighted by Crippen LogP contribution is 2.56. The van der Waals surface area contributed by atoms with Crippen LogP contribution in [0.3, 0.4) is 0 Å². The van der Waals surface area contributed by atoms with Crippen molar-refractivity contribution in [2.75, 3.05) is 6.54 Å². The Hall–Kier alpha value is -2.90. The summed E-state index contributed by atoms with van der Waals surface area (Å²) in [5, 5.41) is 2.80. The Morgan fingerprint density at radius 3 is 2.48 bits per heavy atom. The summed E-state index contributed by atoms with van der Waals surface area (Å²) in [7, 11) is 0. The number of hydrogen-bond donors (Lipinski definition) is 1. The maximum Gasteiger partial charge on any atom is 0.420 e. The van der Waals surface area contributed by atoms with Gasteiger partial charge >= 0.3 is 5.76 Å². The zero-order valence-corrected chi connectivity index (χ0v) is 16.2. The lowest BCUT2D eigenvalue weighted by molar-refractivity contribution is -0.144. The van der Waals surface area contributed by atoms with E-state index >= 15 is 0 Å². The van der Waals surface area contributed by atoms with E-state index in [1.165, 1.54) is 4.57 Å². The quantitative estimate of drug-likeness (QED) is 0.762. The van der Waals surface area contributed by atoms with Crippen LogP contribution in [-0.2, 0) is 20.9 Å². The molecular formula is C21H23N3O5.